The van der Waals surface area contributed by atoms with E-state index in [1.807, 2.05) is 6.92 Å². The van der Waals surface area contributed by atoms with Gasteiger partial charge >= 0.3 is 0 Å². The van der Waals surface area contributed by atoms with Crippen molar-refractivity contribution in [3.63, 3.8) is 0 Å². The van der Waals surface area contributed by atoms with Crippen molar-refractivity contribution in [3.05, 3.63) is 59.7 Å². The summed E-state index contributed by atoms with van der Waals surface area (Å²) < 4.78 is 53.7. The van der Waals surface area contributed by atoms with Crippen LogP contribution in [0.15, 0.2) is 36.7 Å². The van der Waals surface area contributed by atoms with E-state index in [2.05, 4.69) is 15.4 Å². The lowest BCUT2D eigenvalue weighted by Crippen LogP contribution is -2.17. The van der Waals surface area contributed by atoms with Gasteiger partial charge in [0.2, 0.25) is 5.95 Å². The van der Waals surface area contributed by atoms with Crippen molar-refractivity contribution < 1.29 is 22.6 Å². The third kappa shape index (κ3) is 3.94. The first-order valence-electron chi connectivity index (χ1n) is 8.67. The fraction of sp³-hybridized carbons (Fsp3) is 0.263. The van der Waals surface area contributed by atoms with Gasteiger partial charge in [-0.15, -0.1) is 5.10 Å². The number of nitrogens with one attached hydrogen (secondary N) is 1. The minimum atomic E-state index is -0.734. The highest BCUT2D eigenvalue weighted by atomic mass is 19.1. The van der Waals surface area contributed by atoms with E-state index in [0.29, 0.717) is 19.6 Å². The van der Waals surface area contributed by atoms with Crippen molar-refractivity contribution in [1.82, 2.24) is 14.8 Å². The van der Waals surface area contributed by atoms with Crippen LogP contribution in [0.2, 0.25) is 0 Å². The maximum Gasteiger partial charge on any atom is 0.247 e. The summed E-state index contributed by atoms with van der Waals surface area (Å²) in [5, 5.41) is 6.88. The number of anilines is 2. The van der Waals surface area contributed by atoms with Crippen LogP contribution in [0, 0.1) is 24.4 Å². The third-order valence-corrected chi connectivity index (χ3v) is 4.22. The fourth-order valence-corrected chi connectivity index (χ4v) is 2.93. The zero-order valence-corrected chi connectivity index (χ0v) is 15.0. The standard InChI is InChI=1S/C19H17F3N4O2/c1-11-4-16(18(22)17(5-11)28-15-2-3-27-9-15)24-19-23-10-26(25-19)14-7-12(20)6-13(21)8-14/h4-8,10,15H,2-3,9H2,1H3,(H,24,25). The molecule has 0 amide bonds. The van der Waals surface area contributed by atoms with Gasteiger partial charge in [-0.25, -0.2) is 17.9 Å². The minimum Gasteiger partial charge on any atom is -0.485 e. The predicted molar refractivity (Wildman–Crippen MR) is 95.5 cm³/mol. The van der Waals surface area contributed by atoms with E-state index in [1.54, 1.807) is 12.1 Å². The van der Waals surface area contributed by atoms with E-state index in [0.717, 1.165) is 23.8 Å². The lowest BCUT2D eigenvalue weighted by Gasteiger charge is -2.15. The first kappa shape index (κ1) is 18.3. The Balaban J connectivity index is 1.57. The number of benzene rings is 2. The van der Waals surface area contributed by atoms with Crippen LogP contribution >= 0.6 is 0 Å². The van der Waals surface area contributed by atoms with Crippen molar-refractivity contribution in [3.8, 4) is 11.4 Å². The lowest BCUT2D eigenvalue weighted by molar-refractivity contribution is 0.138. The summed E-state index contributed by atoms with van der Waals surface area (Å²) in [6.45, 7) is 2.82. The molecule has 28 heavy (non-hydrogen) atoms. The Hall–Kier alpha value is -3.07. The zero-order chi connectivity index (χ0) is 19.7. The van der Waals surface area contributed by atoms with Gasteiger partial charge in [0.1, 0.15) is 24.1 Å². The van der Waals surface area contributed by atoms with Crippen molar-refractivity contribution >= 4 is 11.6 Å². The smallest absolute Gasteiger partial charge is 0.247 e. The van der Waals surface area contributed by atoms with E-state index in [-0.39, 0.29) is 29.2 Å². The molecule has 0 spiro atoms. The summed E-state index contributed by atoms with van der Waals surface area (Å²) in [5.74, 6) is -1.86. The number of aromatic nitrogens is 3. The number of nitrogens with zero attached hydrogens (tertiary/aromatic N) is 3. The van der Waals surface area contributed by atoms with Gasteiger partial charge in [-0.3, -0.25) is 0 Å². The first-order chi connectivity index (χ1) is 13.5. The molecule has 1 aliphatic rings. The summed E-state index contributed by atoms with van der Waals surface area (Å²) in [4.78, 5) is 4.02. The molecule has 1 aliphatic heterocycles. The molecule has 146 valence electrons. The number of halogens is 3. The molecule has 6 nitrogen and oxygen atoms in total. The molecule has 9 heteroatoms. The molecular formula is C19H17F3N4O2. The molecule has 4 rings (SSSR count). The van der Waals surface area contributed by atoms with Crippen molar-refractivity contribution in [2.75, 3.05) is 18.5 Å². The van der Waals surface area contributed by atoms with Gasteiger partial charge in [-0.2, -0.15) is 4.98 Å². The lowest BCUT2D eigenvalue weighted by atomic mass is 10.2. The van der Waals surface area contributed by atoms with Crippen LogP contribution in [0.25, 0.3) is 5.69 Å². The Morgan fingerprint density at radius 2 is 1.93 bits per heavy atom. The molecule has 1 unspecified atom stereocenters. The molecule has 0 radical (unpaired) electrons. The van der Waals surface area contributed by atoms with Crippen LogP contribution in [0.1, 0.15) is 12.0 Å². The number of rotatable bonds is 5. The summed E-state index contributed by atoms with van der Waals surface area (Å²) in [6, 6.07) is 6.20. The zero-order valence-electron chi connectivity index (χ0n) is 15.0. The highest BCUT2D eigenvalue weighted by molar-refractivity contribution is 5.59. The Labute approximate surface area is 158 Å². The van der Waals surface area contributed by atoms with Crippen LogP contribution in [-0.2, 0) is 4.74 Å². The number of hydrogen-bond donors (Lipinski definition) is 1. The second kappa shape index (κ2) is 7.51. The maximum atomic E-state index is 14.8. The number of aryl methyl sites for hydroxylation is 1. The topological polar surface area (TPSA) is 61.2 Å². The molecule has 2 heterocycles. The molecule has 0 aliphatic carbocycles. The van der Waals surface area contributed by atoms with Crippen LogP contribution in [0.3, 0.4) is 0 Å². The quantitative estimate of drug-likeness (QED) is 0.716. The normalized spacial score (nSPS) is 16.4. The van der Waals surface area contributed by atoms with E-state index in [9.17, 15) is 13.2 Å². The largest absolute Gasteiger partial charge is 0.485 e. The Kier molecular flexibility index (Phi) is 4.91. The van der Waals surface area contributed by atoms with Crippen molar-refractivity contribution in [2.24, 2.45) is 0 Å². The summed E-state index contributed by atoms with van der Waals surface area (Å²) in [6.07, 6.45) is 1.79. The molecule has 0 saturated carbocycles. The summed E-state index contributed by atoms with van der Waals surface area (Å²) in [7, 11) is 0. The van der Waals surface area contributed by atoms with E-state index >= 15 is 0 Å². The molecule has 2 aromatic carbocycles. The maximum absolute atomic E-state index is 14.8. The first-order valence-corrected chi connectivity index (χ1v) is 8.67. The van der Waals surface area contributed by atoms with Gasteiger partial charge in [-0.1, -0.05) is 0 Å². The van der Waals surface area contributed by atoms with E-state index in [1.165, 1.54) is 11.0 Å². The number of hydrogen-bond acceptors (Lipinski definition) is 5. The number of ether oxygens (including phenoxy) is 2. The summed E-state index contributed by atoms with van der Waals surface area (Å²) in [5.41, 5.74) is 1.08. The van der Waals surface area contributed by atoms with Crippen molar-refractivity contribution in [2.45, 2.75) is 19.4 Å². The molecule has 1 N–H and O–H groups in total. The Bertz CT molecular complexity index is 983. The molecular weight excluding hydrogens is 373 g/mol. The van der Waals surface area contributed by atoms with Crippen LogP contribution in [0.5, 0.6) is 5.75 Å². The highest BCUT2D eigenvalue weighted by Gasteiger charge is 2.21. The predicted octanol–water partition coefficient (Wildman–Crippen LogP) is 3.90. The average Bonchev–Trinajstić information content (AvgIpc) is 3.30. The van der Waals surface area contributed by atoms with Gasteiger partial charge in [0, 0.05) is 12.5 Å². The average molecular weight is 390 g/mol. The summed E-state index contributed by atoms with van der Waals surface area (Å²) >= 11 is 0. The molecule has 1 fully saturated rings. The molecule has 1 aromatic heterocycles. The Morgan fingerprint density at radius 3 is 2.64 bits per heavy atom. The molecule has 0 bridgehead atoms. The SMILES string of the molecule is Cc1cc(Nc2ncn(-c3cc(F)cc(F)c3)n2)c(F)c(OC2CCOC2)c1. The molecule has 3 aromatic rings. The molecule has 1 saturated heterocycles. The van der Waals surface area contributed by atoms with Crippen LogP contribution < -0.4 is 10.1 Å². The van der Waals surface area contributed by atoms with E-state index in [4.69, 9.17) is 9.47 Å². The van der Waals surface area contributed by atoms with Crippen molar-refractivity contribution in [1.29, 1.82) is 0 Å². The van der Waals surface area contributed by atoms with Gasteiger partial charge in [0.05, 0.1) is 24.6 Å². The third-order valence-electron chi connectivity index (χ3n) is 4.22. The minimum absolute atomic E-state index is 0.0734. The fourth-order valence-electron chi connectivity index (χ4n) is 2.93. The van der Waals surface area contributed by atoms with Crippen LogP contribution in [0.4, 0.5) is 24.8 Å². The van der Waals surface area contributed by atoms with E-state index < -0.39 is 17.5 Å². The van der Waals surface area contributed by atoms with Gasteiger partial charge in [0.15, 0.2) is 11.6 Å². The van der Waals surface area contributed by atoms with Gasteiger partial charge in [0.25, 0.3) is 0 Å². The Morgan fingerprint density at radius 1 is 1.14 bits per heavy atom. The van der Waals surface area contributed by atoms with Crippen LogP contribution in [-0.4, -0.2) is 34.1 Å². The molecule has 1 atom stereocenters. The van der Waals surface area contributed by atoms with Gasteiger partial charge in [-0.05, 0) is 36.8 Å². The monoisotopic (exact) mass is 390 g/mol. The second-order valence-electron chi connectivity index (χ2n) is 6.49. The highest BCUT2D eigenvalue weighted by Crippen LogP contribution is 2.30. The van der Waals surface area contributed by atoms with Gasteiger partial charge < -0.3 is 14.8 Å². The second-order valence-corrected chi connectivity index (χ2v) is 6.49.